The Bertz CT molecular complexity index is 768. The van der Waals surface area contributed by atoms with Crippen molar-refractivity contribution in [1.29, 1.82) is 0 Å². The van der Waals surface area contributed by atoms with Crippen molar-refractivity contribution in [2.24, 2.45) is 0 Å². The molecule has 0 unspecified atom stereocenters. The van der Waals surface area contributed by atoms with E-state index in [2.05, 4.69) is 9.71 Å². The van der Waals surface area contributed by atoms with Crippen LogP contribution in [-0.2, 0) is 19.3 Å². The molecular formula is C15H21BN2O5S. The maximum atomic E-state index is 12.2. The SMILES string of the molecule is COc1ncc(B2OC(C)(C)C3(CC3)O2)cc1NS(=O)(=O)C1CC1. The Morgan fingerprint density at radius 2 is 2.04 bits per heavy atom. The van der Waals surface area contributed by atoms with E-state index in [0.717, 1.165) is 12.8 Å². The van der Waals surface area contributed by atoms with Gasteiger partial charge in [0.1, 0.15) is 5.69 Å². The number of nitrogens with one attached hydrogen (secondary N) is 1. The maximum Gasteiger partial charge on any atom is 0.496 e. The molecule has 1 aromatic heterocycles. The molecule has 7 nitrogen and oxygen atoms in total. The third kappa shape index (κ3) is 2.58. The second-order valence-corrected chi connectivity index (χ2v) is 9.20. The van der Waals surface area contributed by atoms with Gasteiger partial charge in [0, 0.05) is 11.7 Å². The first-order chi connectivity index (χ1) is 11.3. The maximum absolute atomic E-state index is 12.2. The zero-order valence-corrected chi connectivity index (χ0v) is 14.9. The zero-order chi connectivity index (χ0) is 17.2. The molecule has 4 rings (SSSR count). The molecule has 2 heterocycles. The van der Waals surface area contributed by atoms with Gasteiger partial charge in [-0.3, -0.25) is 4.72 Å². The molecule has 130 valence electrons. The molecule has 0 aromatic carbocycles. The van der Waals surface area contributed by atoms with Crippen LogP contribution >= 0.6 is 0 Å². The predicted octanol–water partition coefficient (Wildman–Crippen LogP) is 1.05. The number of aromatic nitrogens is 1. The minimum absolute atomic E-state index is 0.231. The lowest BCUT2D eigenvalue weighted by atomic mass is 9.80. The van der Waals surface area contributed by atoms with E-state index >= 15 is 0 Å². The van der Waals surface area contributed by atoms with Gasteiger partial charge in [-0.15, -0.1) is 0 Å². The van der Waals surface area contributed by atoms with Crippen molar-refractivity contribution in [3.05, 3.63) is 12.3 Å². The van der Waals surface area contributed by atoms with Gasteiger partial charge in [-0.05, 0) is 45.6 Å². The molecule has 9 heteroatoms. The van der Waals surface area contributed by atoms with Gasteiger partial charge in [-0.25, -0.2) is 13.4 Å². The van der Waals surface area contributed by atoms with Gasteiger partial charge < -0.3 is 14.0 Å². The molecular weight excluding hydrogens is 331 g/mol. The average Bonchev–Trinajstić information content (AvgIpc) is 3.38. The highest BCUT2D eigenvalue weighted by Gasteiger charge is 2.64. The van der Waals surface area contributed by atoms with Crippen molar-refractivity contribution in [1.82, 2.24) is 4.98 Å². The van der Waals surface area contributed by atoms with Crippen molar-refractivity contribution < 1.29 is 22.5 Å². The first kappa shape index (κ1) is 16.2. The summed E-state index contributed by atoms with van der Waals surface area (Å²) < 4.78 is 44.4. The largest absolute Gasteiger partial charge is 0.496 e. The first-order valence-corrected chi connectivity index (χ1v) is 9.72. The van der Waals surface area contributed by atoms with Crippen molar-refractivity contribution in [2.45, 2.75) is 56.0 Å². The van der Waals surface area contributed by atoms with E-state index in [4.69, 9.17) is 14.0 Å². The van der Waals surface area contributed by atoms with E-state index in [0.29, 0.717) is 24.0 Å². The topological polar surface area (TPSA) is 86.8 Å². The van der Waals surface area contributed by atoms with Crippen molar-refractivity contribution >= 4 is 28.3 Å². The van der Waals surface area contributed by atoms with Crippen LogP contribution in [0.15, 0.2) is 12.3 Å². The minimum Gasteiger partial charge on any atom is -0.480 e. The van der Waals surface area contributed by atoms with Gasteiger partial charge in [0.15, 0.2) is 0 Å². The standard InChI is InChI=1S/C15H21BN2O5S/c1-14(2)15(6-7-15)23-16(22-14)10-8-12(13(21-3)17-9-10)18-24(19,20)11-4-5-11/h8-9,11,18H,4-7H2,1-3H3. The minimum atomic E-state index is -3.40. The molecule has 3 fully saturated rings. The van der Waals surface area contributed by atoms with Gasteiger partial charge in [0.05, 0.1) is 23.6 Å². The van der Waals surface area contributed by atoms with E-state index in [-0.39, 0.29) is 22.3 Å². The van der Waals surface area contributed by atoms with Gasteiger partial charge in [0.2, 0.25) is 15.9 Å². The molecule has 0 radical (unpaired) electrons. The van der Waals surface area contributed by atoms with E-state index in [1.54, 1.807) is 12.3 Å². The van der Waals surface area contributed by atoms with Crippen molar-refractivity contribution in [3.8, 4) is 5.88 Å². The zero-order valence-electron chi connectivity index (χ0n) is 14.0. The highest BCUT2D eigenvalue weighted by atomic mass is 32.2. The fraction of sp³-hybridized carbons (Fsp3) is 0.667. The van der Waals surface area contributed by atoms with E-state index in [9.17, 15) is 8.42 Å². The van der Waals surface area contributed by atoms with Gasteiger partial charge in [-0.1, -0.05) is 0 Å². The molecule has 1 saturated heterocycles. The molecule has 1 aromatic rings. The molecule has 0 amide bonds. The Kier molecular flexibility index (Phi) is 3.43. The number of methoxy groups -OCH3 is 1. The number of hydrogen-bond acceptors (Lipinski definition) is 6. The summed E-state index contributed by atoms with van der Waals surface area (Å²) in [6.45, 7) is 4.04. The fourth-order valence-electron chi connectivity index (χ4n) is 3.16. The van der Waals surface area contributed by atoms with Crippen LogP contribution in [0.1, 0.15) is 39.5 Å². The third-order valence-corrected chi connectivity index (χ3v) is 6.94. The average molecular weight is 352 g/mol. The molecule has 3 aliphatic rings. The molecule has 1 aliphatic heterocycles. The highest BCUT2D eigenvalue weighted by Crippen LogP contribution is 2.54. The monoisotopic (exact) mass is 352 g/mol. The van der Waals surface area contributed by atoms with Crippen molar-refractivity contribution in [2.75, 3.05) is 11.8 Å². The molecule has 0 bridgehead atoms. The van der Waals surface area contributed by atoms with Gasteiger partial charge >= 0.3 is 7.12 Å². The summed E-state index contributed by atoms with van der Waals surface area (Å²) in [5.74, 6) is 0.237. The van der Waals surface area contributed by atoms with Crippen LogP contribution in [0.5, 0.6) is 5.88 Å². The lowest BCUT2D eigenvalue weighted by molar-refractivity contribution is 0.0546. The molecule has 1 spiro atoms. The normalized spacial score (nSPS) is 24.2. The summed E-state index contributed by atoms with van der Waals surface area (Å²) in [4.78, 5) is 4.21. The number of ether oxygens (including phenoxy) is 1. The summed E-state index contributed by atoms with van der Waals surface area (Å²) in [6, 6.07) is 1.69. The quantitative estimate of drug-likeness (QED) is 0.797. The van der Waals surface area contributed by atoms with Crippen LogP contribution in [0.25, 0.3) is 0 Å². The summed E-state index contributed by atoms with van der Waals surface area (Å²) in [7, 11) is -2.49. The third-order valence-electron chi connectivity index (χ3n) is 5.09. The Morgan fingerprint density at radius 1 is 1.33 bits per heavy atom. The van der Waals surface area contributed by atoms with Crippen LogP contribution < -0.4 is 14.9 Å². The van der Waals surface area contributed by atoms with Crippen LogP contribution in [-0.4, -0.2) is 44.1 Å². The second-order valence-electron chi connectivity index (χ2n) is 7.24. The van der Waals surface area contributed by atoms with E-state index in [1.165, 1.54) is 7.11 Å². The van der Waals surface area contributed by atoms with Crippen LogP contribution in [0.2, 0.25) is 0 Å². The second kappa shape index (κ2) is 5.09. The van der Waals surface area contributed by atoms with Gasteiger partial charge in [-0.2, -0.15) is 0 Å². The fourth-order valence-corrected chi connectivity index (χ4v) is 4.54. The Labute approximate surface area is 142 Å². The lowest BCUT2D eigenvalue weighted by Gasteiger charge is -2.24. The smallest absolute Gasteiger partial charge is 0.480 e. The Balaban J connectivity index is 1.62. The predicted molar refractivity (Wildman–Crippen MR) is 90.0 cm³/mol. The van der Waals surface area contributed by atoms with E-state index < -0.39 is 17.1 Å². The molecule has 1 N–H and O–H groups in total. The van der Waals surface area contributed by atoms with Gasteiger partial charge in [0.25, 0.3) is 0 Å². The van der Waals surface area contributed by atoms with Crippen LogP contribution in [0.4, 0.5) is 5.69 Å². The summed E-state index contributed by atoms with van der Waals surface area (Å²) in [5.41, 5.74) is 0.404. The van der Waals surface area contributed by atoms with Crippen molar-refractivity contribution in [3.63, 3.8) is 0 Å². The van der Waals surface area contributed by atoms with E-state index in [1.807, 2.05) is 13.8 Å². The summed E-state index contributed by atoms with van der Waals surface area (Å²) in [5, 5.41) is -0.321. The number of anilines is 1. The Morgan fingerprint density at radius 3 is 2.58 bits per heavy atom. The highest BCUT2D eigenvalue weighted by molar-refractivity contribution is 7.93. The number of pyridine rings is 1. The van der Waals surface area contributed by atoms with Crippen LogP contribution in [0.3, 0.4) is 0 Å². The summed E-state index contributed by atoms with van der Waals surface area (Å²) >= 11 is 0. The molecule has 24 heavy (non-hydrogen) atoms. The lowest BCUT2D eigenvalue weighted by Crippen LogP contribution is -2.36. The molecule has 2 saturated carbocycles. The molecule has 0 atom stereocenters. The number of nitrogens with zero attached hydrogens (tertiary/aromatic N) is 1. The number of sulfonamides is 1. The summed E-state index contributed by atoms with van der Waals surface area (Å²) in [6.07, 6.45) is 4.94. The number of rotatable bonds is 5. The first-order valence-electron chi connectivity index (χ1n) is 8.18. The molecule has 2 aliphatic carbocycles. The Hall–Kier alpha value is -1.32. The van der Waals surface area contributed by atoms with Crippen LogP contribution in [0, 0.1) is 0 Å². The number of hydrogen-bond donors (Lipinski definition) is 1.